The molecule has 4 nitrogen and oxygen atoms in total. The van der Waals surface area contributed by atoms with E-state index >= 15 is 0 Å². The molecule has 1 rings (SSSR count). The standard InChI is InChI=1S/C10H15FN2O2S/c1-16(14,15)7-9(13-12)6-8-4-2-3-5-10(8)11/h2-5,9,13H,6-7,12H2,1H3. The molecule has 0 aliphatic carbocycles. The monoisotopic (exact) mass is 246 g/mol. The highest BCUT2D eigenvalue weighted by Gasteiger charge is 2.15. The Labute approximate surface area is 94.5 Å². The number of benzene rings is 1. The van der Waals surface area contributed by atoms with E-state index in [1.54, 1.807) is 18.2 Å². The number of hydrogen-bond donors (Lipinski definition) is 2. The maximum Gasteiger partial charge on any atom is 0.149 e. The van der Waals surface area contributed by atoms with Crippen molar-refractivity contribution in [2.45, 2.75) is 12.5 Å². The molecular weight excluding hydrogens is 231 g/mol. The second-order valence-corrected chi connectivity index (χ2v) is 5.94. The topological polar surface area (TPSA) is 72.2 Å². The summed E-state index contributed by atoms with van der Waals surface area (Å²) in [7, 11) is -3.13. The zero-order valence-corrected chi connectivity index (χ0v) is 9.80. The minimum absolute atomic E-state index is 0.113. The zero-order valence-electron chi connectivity index (χ0n) is 8.98. The lowest BCUT2D eigenvalue weighted by atomic mass is 10.1. The number of nitrogens with two attached hydrogens (primary N) is 1. The number of hydrogen-bond acceptors (Lipinski definition) is 4. The summed E-state index contributed by atoms with van der Waals surface area (Å²) < 4.78 is 35.5. The summed E-state index contributed by atoms with van der Waals surface area (Å²) in [6, 6.07) is 5.75. The van der Waals surface area contributed by atoms with Gasteiger partial charge in [-0.3, -0.25) is 11.3 Å². The van der Waals surface area contributed by atoms with Crippen LogP contribution in [0.4, 0.5) is 4.39 Å². The van der Waals surface area contributed by atoms with E-state index in [1.165, 1.54) is 6.07 Å². The fourth-order valence-electron chi connectivity index (χ4n) is 1.46. The van der Waals surface area contributed by atoms with Gasteiger partial charge >= 0.3 is 0 Å². The smallest absolute Gasteiger partial charge is 0.149 e. The molecule has 6 heteroatoms. The van der Waals surface area contributed by atoms with Crippen molar-refractivity contribution in [2.75, 3.05) is 12.0 Å². The van der Waals surface area contributed by atoms with Crippen LogP contribution < -0.4 is 11.3 Å². The SMILES string of the molecule is CS(=O)(=O)CC(Cc1ccccc1F)NN. The number of sulfone groups is 1. The van der Waals surface area contributed by atoms with E-state index < -0.39 is 15.9 Å². The van der Waals surface area contributed by atoms with Crippen molar-refractivity contribution in [2.24, 2.45) is 5.84 Å². The van der Waals surface area contributed by atoms with Crippen molar-refractivity contribution in [3.05, 3.63) is 35.6 Å². The van der Waals surface area contributed by atoms with E-state index in [0.717, 1.165) is 6.26 Å². The highest BCUT2D eigenvalue weighted by molar-refractivity contribution is 7.90. The largest absolute Gasteiger partial charge is 0.271 e. The average molecular weight is 246 g/mol. The lowest BCUT2D eigenvalue weighted by Crippen LogP contribution is -2.41. The molecule has 1 atom stereocenters. The van der Waals surface area contributed by atoms with Crippen molar-refractivity contribution in [1.82, 2.24) is 5.43 Å². The molecule has 1 aromatic rings. The van der Waals surface area contributed by atoms with Crippen molar-refractivity contribution < 1.29 is 12.8 Å². The van der Waals surface area contributed by atoms with Gasteiger partial charge < -0.3 is 0 Å². The Kier molecular flexibility index (Phi) is 4.40. The molecule has 1 unspecified atom stereocenters. The van der Waals surface area contributed by atoms with Crippen molar-refractivity contribution >= 4 is 9.84 Å². The van der Waals surface area contributed by atoms with Gasteiger partial charge in [-0.1, -0.05) is 18.2 Å². The minimum Gasteiger partial charge on any atom is -0.271 e. The summed E-state index contributed by atoms with van der Waals surface area (Å²) in [6.07, 6.45) is 1.37. The Morgan fingerprint density at radius 3 is 2.56 bits per heavy atom. The molecule has 0 bridgehead atoms. The molecule has 0 aliphatic heterocycles. The molecule has 0 fully saturated rings. The van der Waals surface area contributed by atoms with Crippen LogP contribution in [-0.2, 0) is 16.3 Å². The second kappa shape index (κ2) is 5.38. The molecule has 0 aliphatic rings. The van der Waals surface area contributed by atoms with Crippen LogP contribution in [0.25, 0.3) is 0 Å². The van der Waals surface area contributed by atoms with Crippen LogP contribution in [0.1, 0.15) is 5.56 Å². The highest BCUT2D eigenvalue weighted by atomic mass is 32.2. The lowest BCUT2D eigenvalue weighted by molar-refractivity contribution is 0.529. The predicted octanol–water partition coefficient (Wildman–Crippen LogP) is 0.245. The fourth-order valence-corrected chi connectivity index (χ4v) is 2.41. The van der Waals surface area contributed by atoms with Crippen molar-refractivity contribution in [3.8, 4) is 0 Å². The van der Waals surface area contributed by atoms with Crippen LogP contribution in [0, 0.1) is 5.82 Å². The summed E-state index contributed by atoms with van der Waals surface area (Å²) in [6.45, 7) is 0. The quantitative estimate of drug-likeness (QED) is 0.577. The third-order valence-electron chi connectivity index (χ3n) is 2.16. The van der Waals surface area contributed by atoms with E-state index in [9.17, 15) is 12.8 Å². The number of halogens is 1. The molecule has 0 saturated carbocycles. The van der Waals surface area contributed by atoms with E-state index in [4.69, 9.17) is 5.84 Å². The third-order valence-corrected chi connectivity index (χ3v) is 3.17. The van der Waals surface area contributed by atoms with Gasteiger partial charge in [0, 0.05) is 12.3 Å². The molecule has 0 radical (unpaired) electrons. The maximum absolute atomic E-state index is 13.3. The van der Waals surface area contributed by atoms with Crippen LogP contribution in [0.3, 0.4) is 0 Å². The molecule has 3 N–H and O–H groups in total. The Morgan fingerprint density at radius 1 is 1.44 bits per heavy atom. The Hall–Kier alpha value is -0.980. The van der Waals surface area contributed by atoms with Gasteiger partial charge in [0.15, 0.2) is 0 Å². The van der Waals surface area contributed by atoms with E-state index in [2.05, 4.69) is 5.43 Å². The molecule has 0 amide bonds. The van der Waals surface area contributed by atoms with E-state index in [0.29, 0.717) is 5.56 Å². The summed E-state index contributed by atoms with van der Waals surface area (Å²) in [5.41, 5.74) is 2.84. The van der Waals surface area contributed by atoms with Crippen LogP contribution >= 0.6 is 0 Å². The second-order valence-electron chi connectivity index (χ2n) is 3.75. The summed E-state index contributed by atoms with van der Waals surface area (Å²) >= 11 is 0. The lowest BCUT2D eigenvalue weighted by Gasteiger charge is -2.14. The number of nitrogens with one attached hydrogen (secondary N) is 1. The van der Waals surface area contributed by atoms with Gasteiger partial charge in [0.1, 0.15) is 15.7 Å². The first kappa shape index (κ1) is 13.1. The molecule has 1 aromatic carbocycles. The van der Waals surface area contributed by atoms with E-state index in [1.807, 2.05) is 0 Å². The summed E-state index contributed by atoms with van der Waals surface area (Å²) in [4.78, 5) is 0. The number of hydrazine groups is 1. The first-order chi connectivity index (χ1) is 7.42. The zero-order chi connectivity index (χ0) is 12.2. The molecule has 0 heterocycles. The van der Waals surface area contributed by atoms with Gasteiger partial charge in [0.2, 0.25) is 0 Å². The maximum atomic E-state index is 13.3. The molecule has 0 aromatic heterocycles. The van der Waals surface area contributed by atoms with Crippen LogP contribution in [0.5, 0.6) is 0 Å². The van der Waals surface area contributed by atoms with Gasteiger partial charge in [-0.05, 0) is 18.1 Å². The van der Waals surface area contributed by atoms with Gasteiger partial charge in [0.25, 0.3) is 0 Å². The molecule has 0 spiro atoms. The molecule has 16 heavy (non-hydrogen) atoms. The van der Waals surface area contributed by atoms with Crippen molar-refractivity contribution in [3.63, 3.8) is 0 Å². The first-order valence-corrected chi connectivity index (χ1v) is 6.85. The minimum atomic E-state index is -3.13. The van der Waals surface area contributed by atoms with E-state index in [-0.39, 0.29) is 18.0 Å². The predicted molar refractivity (Wildman–Crippen MR) is 60.9 cm³/mol. The average Bonchev–Trinajstić information content (AvgIpc) is 2.18. The summed E-state index contributed by atoms with van der Waals surface area (Å²) in [5, 5.41) is 0. The van der Waals surface area contributed by atoms with Crippen LogP contribution in [-0.4, -0.2) is 26.5 Å². The fraction of sp³-hybridized carbons (Fsp3) is 0.400. The van der Waals surface area contributed by atoms with Crippen LogP contribution in [0.15, 0.2) is 24.3 Å². The first-order valence-electron chi connectivity index (χ1n) is 4.79. The molecule has 0 saturated heterocycles. The Morgan fingerprint density at radius 2 is 2.06 bits per heavy atom. The highest BCUT2D eigenvalue weighted by Crippen LogP contribution is 2.09. The number of rotatable bonds is 5. The summed E-state index contributed by atoms with van der Waals surface area (Å²) in [5.74, 6) is 4.78. The van der Waals surface area contributed by atoms with Crippen LogP contribution in [0.2, 0.25) is 0 Å². The Balaban J connectivity index is 2.75. The molecule has 90 valence electrons. The van der Waals surface area contributed by atoms with Gasteiger partial charge in [-0.15, -0.1) is 0 Å². The normalized spacial score (nSPS) is 13.7. The van der Waals surface area contributed by atoms with Gasteiger partial charge in [0.05, 0.1) is 5.75 Å². The van der Waals surface area contributed by atoms with Crippen molar-refractivity contribution in [1.29, 1.82) is 0 Å². The third kappa shape index (κ3) is 4.26. The Bertz CT molecular complexity index is 448. The molecular formula is C10H15FN2O2S. The van der Waals surface area contributed by atoms with Gasteiger partial charge in [-0.2, -0.15) is 0 Å². The van der Waals surface area contributed by atoms with Gasteiger partial charge in [-0.25, -0.2) is 12.8 Å².